The first-order valence-electron chi connectivity index (χ1n) is 20.8. The van der Waals surface area contributed by atoms with E-state index in [2.05, 4.69) is 20.4 Å². The standard InChI is InChI=1S/C25H28ClFN4O2.C22H23ClFN3O/c1-2-28-25(33)29-23-13-19(26)7-5-18(23)6-12-24(32)30-15-21-10-11-22(16-30)31(21)14-17-3-8-20(27)9-4-17;23-17-5-3-16(21(25)11-17)4-10-22(28)26-13-19-8-9-20(14-26)27(19)12-15-1-6-18(24)7-2-15/h3-9,12-13,21-22H,2,10-11,14-16H2,1H3,(H2,28,29,33);1-7,10-11,19-20H,8-9,12-14,25H2/b12-6+;10-4+. The van der Waals surface area contributed by atoms with Gasteiger partial charge >= 0.3 is 6.03 Å². The molecule has 0 aromatic heterocycles. The monoisotopic (exact) mass is 869 g/mol. The maximum atomic E-state index is 13.2. The molecule has 320 valence electrons. The molecule has 4 aromatic rings. The molecule has 0 saturated carbocycles. The lowest BCUT2D eigenvalue weighted by molar-refractivity contribution is -0.130. The topological polar surface area (TPSA) is 114 Å². The number of benzene rings is 4. The molecule has 4 bridgehead atoms. The molecular weight excluding hydrogens is 819 g/mol. The molecule has 4 saturated heterocycles. The number of amides is 4. The third-order valence-electron chi connectivity index (χ3n) is 11.9. The van der Waals surface area contributed by atoms with E-state index < -0.39 is 0 Å². The van der Waals surface area contributed by atoms with Crippen LogP contribution >= 0.6 is 23.2 Å². The Balaban J connectivity index is 0.000000186. The summed E-state index contributed by atoms with van der Waals surface area (Å²) in [5.74, 6) is -0.482. The molecule has 0 spiro atoms. The average molecular weight is 871 g/mol. The quantitative estimate of drug-likeness (QED) is 0.109. The van der Waals surface area contributed by atoms with Gasteiger partial charge in [-0.1, -0.05) is 59.6 Å². The van der Waals surface area contributed by atoms with Gasteiger partial charge < -0.3 is 26.2 Å². The molecule has 0 radical (unpaired) electrons. The van der Waals surface area contributed by atoms with Crippen molar-refractivity contribution in [1.29, 1.82) is 0 Å². The van der Waals surface area contributed by atoms with Crippen LogP contribution in [0.25, 0.3) is 12.2 Å². The van der Waals surface area contributed by atoms with Gasteiger partial charge in [-0.05, 0) is 116 Å². The first kappa shape index (κ1) is 43.8. The van der Waals surface area contributed by atoms with Gasteiger partial charge in [0.1, 0.15) is 11.6 Å². The number of carbonyl (C=O) groups is 3. The molecule has 4 amide bonds. The van der Waals surface area contributed by atoms with Crippen LogP contribution in [-0.2, 0) is 22.7 Å². The molecule has 4 heterocycles. The number of nitrogens with two attached hydrogens (primary N) is 1. The van der Waals surface area contributed by atoms with Crippen LogP contribution in [0.1, 0.15) is 54.9 Å². The molecule has 4 fully saturated rings. The molecule has 8 rings (SSSR count). The van der Waals surface area contributed by atoms with E-state index in [0.29, 0.717) is 70.8 Å². The van der Waals surface area contributed by atoms with Crippen molar-refractivity contribution in [2.24, 2.45) is 0 Å². The minimum absolute atomic E-state index is 0.00711. The van der Waals surface area contributed by atoms with Gasteiger partial charge in [-0.25, -0.2) is 13.6 Å². The number of rotatable bonds is 10. The second kappa shape index (κ2) is 20.1. The van der Waals surface area contributed by atoms with Gasteiger partial charge in [0.25, 0.3) is 0 Å². The number of urea groups is 1. The normalized spacial score (nSPS) is 21.1. The number of fused-ring (bicyclic) bond motifs is 4. The molecular formula is C47H51Cl2F2N7O3. The molecule has 4 atom stereocenters. The van der Waals surface area contributed by atoms with Crippen LogP contribution in [0.2, 0.25) is 10.0 Å². The van der Waals surface area contributed by atoms with Crippen LogP contribution in [0.3, 0.4) is 0 Å². The predicted octanol–water partition coefficient (Wildman–Crippen LogP) is 8.46. The molecule has 61 heavy (non-hydrogen) atoms. The smallest absolute Gasteiger partial charge is 0.319 e. The van der Waals surface area contributed by atoms with Crippen molar-refractivity contribution in [2.75, 3.05) is 43.8 Å². The maximum absolute atomic E-state index is 13.2. The Bertz CT molecular complexity index is 2230. The van der Waals surface area contributed by atoms with E-state index >= 15 is 0 Å². The van der Waals surface area contributed by atoms with Crippen LogP contribution in [0.15, 0.2) is 97.1 Å². The summed E-state index contributed by atoms with van der Waals surface area (Å²) in [6.07, 6.45) is 10.9. The highest BCUT2D eigenvalue weighted by Crippen LogP contribution is 2.34. The SMILES string of the molecule is CCNC(=O)Nc1cc(Cl)ccc1/C=C/C(=O)N1CC2CCC(C1)N2Cc1ccc(F)cc1.Nc1cc(Cl)ccc1/C=C/C(=O)N1CC2CCC(C1)N2Cc1ccc(F)cc1. The van der Waals surface area contributed by atoms with Gasteiger partial charge in [0.05, 0.1) is 5.69 Å². The van der Waals surface area contributed by atoms with Crippen molar-refractivity contribution in [3.63, 3.8) is 0 Å². The number of piperazine rings is 2. The number of carbonyl (C=O) groups excluding carboxylic acids is 3. The highest BCUT2D eigenvalue weighted by molar-refractivity contribution is 6.31. The highest BCUT2D eigenvalue weighted by Gasteiger charge is 2.42. The molecule has 4 unspecified atom stereocenters. The molecule has 4 aliphatic rings. The van der Waals surface area contributed by atoms with Crippen molar-refractivity contribution < 1.29 is 23.2 Å². The summed E-state index contributed by atoms with van der Waals surface area (Å²) < 4.78 is 26.3. The fraction of sp³-hybridized carbons (Fsp3) is 0.340. The first-order chi connectivity index (χ1) is 29.4. The Morgan fingerprint density at radius 2 is 1.08 bits per heavy atom. The Morgan fingerprint density at radius 1 is 0.656 bits per heavy atom. The number of hydrogen-bond acceptors (Lipinski definition) is 6. The van der Waals surface area contributed by atoms with Crippen molar-refractivity contribution >= 4 is 64.6 Å². The lowest BCUT2D eigenvalue weighted by atomic mass is 10.1. The van der Waals surface area contributed by atoms with Crippen molar-refractivity contribution in [1.82, 2.24) is 24.9 Å². The second-order valence-corrected chi connectivity index (χ2v) is 16.9. The van der Waals surface area contributed by atoms with Crippen LogP contribution in [0.5, 0.6) is 0 Å². The highest BCUT2D eigenvalue weighted by atomic mass is 35.5. The number of anilines is 2. The lowest BCUT2D eigenvalue weighted by Crippen LogP contribution is -2.54. The number of likely N-dealkylation sites (tertiary alicyclic amines) is 2. The Morgan fingerprint density at radius 3 is 1.52 bits per heavy atom. The number of nitrogens with one attached hydrogen (secondary N) is 2. The molecule has 4 aromatic carbocycles. The third-order valence-corrected chi connectivity index (χ3v) is 12.4. The van der Waals surface area contributed by atoms with Gasteiger partial charge in [-0.15, -0.1) is 0 Å². The summed E-state index contributed by atoms with van der Waals surface area (Å²) in [6.45, 7) is 6.70. The predicted molar refractivity (Wildman–Crippen MR) is 239 cm³/mol. The van der Waals surface area contributed by atoms with Gasteiger partial charge in [0.15, 0.2) is 0 Å². The van der Waals surface area contributed by atoms with E-state index in [4.69, 9.17) is 28.9 Å². The largest absolute Gasteiger partial charge is 0.398 e. The van der Waals surface area contributed by atoms with Gasteiger partial charge in [0.2, 0.25) is 11.8 Å². The zero-order chi connectivity index (χ0) is 43.0. The van der Waals surface area contributed by atoms with Crippen molar-refractivity contribution in [2.45, 2.75) is 69.9 Å². The Kier molecular flexibility index (Phi) is 14.4. The number of nitrogens with zero attached hydrogens (tertiary/aromatic N) is 4. The maximum Gasteiger partial charge on any atom is 0.319 e. The van der Waals surface area contributed by atoms with Crippen LogP contribution < -0.4 is 16.4 Å². The first-order valence-corrected chi connectivity index (χ1v) is 21.5. The minimum atomic E-state index is -0.324. The molecule has 0 aliphatic carbocycles. The van der Waals surface area contributed by atoms with Gasteiger partial charge in [-0.3, -0.25) is 19.4 Å². The summed E-state index contributed by atoms with van der Waals surface area (Å²) in [5.41, 5.74) is 10.7. The lowest BCUT2D eigenvalue weighted by Gasteiger charge is -2.40. The zero-order valence-corrected chi connectivity index (χ0v) is 35.6. The van der Waals surface area contributed by atoms with Crippen LogP contribution in [0, 0.1) is 11.6 Å². The van der Waals surface area contributed by atoms with E-state index in [1.165, 1.54) is 24.3 Å². The second-order valence-electron chi connectivity index (χ2n) is 16.0. The molecule has 10 nitrogen and oxygen atoms in total. The minimum Gasteiger partial charge on any atom is -0.398 e. The molecule has 4 N–H and O–H groups in total. The summed E-state index contributed by atoms with van der Waals surface area (Å²) in [4.78, 5) is 46.3. The molecule has 4 aliphatic heterocycles. The fourth-order valence-corrected chi connectivity index (χ4v) is 9.15. The van der Waals surface area contributed by atoms with Crippen molar-refractivity contribution in [3.8, 4) is 0 Å². The summed E-state index contributed by atoms with van der Waals surface area (Å²) in [5, 5.41) is 6.53. The number of hydrogen-bond donors (Lipinski definition) is 3. The average Bonchev–Trinajstić information content (AvgIpc) is 3.58. The van der Waals surface area contributed by atoms with E-state index in [1.807, 2.05) is 47.1 Å². The van der Waals surface area contributed by atoms with Crippen LogP contribution in [-0.4, -0.2) is 94.3 Å². The summed E-state index contributed by atoms with van der Waals surface area (Å²) >= 11 is 12.0. The van der Waals surface area contributed by atoms with E-state index in [9.17, 15) is 23.2 Å². The van der Waals surface area contributed by atoms with E-state index in [-0.39, 0.29) is 29.5 Å². The summed E-state index contributed by atoms with van der Waals surface area (Å²) in [6, 6.07) is 24.7. The van der Waals surface area contributed by atoms with Crippen molar-refractivity contribution in [3.05, 3.63) is 141 Å². The van der Waals surface area contributed by atoms with Crippen LogP contribution in [0.4, 0.5) is 25.0 Å². The summed E-state index contributed by atoms with van der Waals surface area (Å²) in [7, 11) is 0. The number of nitrogen functional groups attached to an aromatic ring is 1. The van der Waals surface area contributed by atoms with E-state index in [1.54, 1.807) is 54.6 Å². The molecule has 14 heteroatoms. The van der Waals surface area contributed by atoms with E-state index in [0.717, 1.165) is 68.6 Å². The fourth-order valence-electron chi connectivity index (χ4n) is 8.80. The Hall–Kier alpha value is -5.27. The Labute approximate surface area is 366 Å². The zero-order valence-electron chi connectivity index (χ0n) is 34.1. The third kappa shape index (κ3) is 11.4. The van der Waals surface area contributed by atoms with Gasteiger partial charge in [0, 0.05) is 97.9 Å². The number of halogens is 4. The van der Waals surface area contributed by atoms with Gasteiger partial charge in [-0.2, -0.15) is 0 Å².